The van der Waals surface area contributed by atoms with E-state index in [2.05, 4.69) is 9.51 Å². The molecular formula is C16H20F3N2O5P. The molecule has 0 aromatic carbocycles. The van der Waals surface area contributed by atoms with Crippen LogP contribution in [0, 0.1) is 0 Å². The van der Waals surface area contributed by atoms with Gasteiger partial charge < -0.3 is 14.4 Å². The van der Waals surface area contributed by atoms with E-state index in [4.69, 9.17) is 4.74 Å². The Kier molecular flexibility index (Phi) is 5.73. The van der Waals surface area contributed by atoms with Crippen LogP contribution in [-0.4, -0.2) is 45.2 Å². The van der Waals surface area contributed by atoms with Gasteiger partial charge in [0, 0.05) is 12.6 Å². The fourth-order valence-corrected chi connectivity index (χ4v) is 3.02. The van der Waals surface area contributed by atoms with Crippen LogP contribution in [0.4, 0.5) is 18.0 Å². The maximum absolute atomic E-state index is 13.3. The molecule has 11 heteroatoms. The smallest absolute Gasteiger partial charge is 0.418 e. The van der Waals surface area contributed by atoms with Gasteiger partial charge in [-0.1, -0.05) is 0 Å². The van der Waals surface area contributed by atoms with E-state index in [0.717, 1.165) is 23.2 Å². The maximum atomic E-state index is 13.3. The zero-order valence-electron chi connectivity index (χ0n) is 14.9. The predicted octanol–water partition coefficient (Wildman–Crippen LogP) is 2.63. The number of carbonyl (C=O) groups is 2. The molecule has 2 rings (SSSR count). The highest BCUT2D eigenvalue weighted by molar-refractivity contribution is 7.10. The van der Waals surface area contributed by atoms with Gasteiger partial charge in [-0.2, -0.15) is 13.2 Å². The molecule has 1 amide bonds. The van der Waals surface area contributed by atoms with E-state index in [9.17, 15) is 27.9 Å². The third-order valence-electron chi connectivity index (χ3n) is 3.91. The molecule has 1 aliphatic heterocycles. The zero-order chi connectivity index (χ0) is 20.6. The average Bonchev–Trinajstić information content (AvgIpc) is 2.91. The van der Waals surface area contributed by atoms with E-state index >= 15 is 0 Å². The minimum Gasteiger partial charge on any atom is -0.450 e. The number of rotatable bonds is 2. The van der Waals surface area contributed by atoms with E-state index in [-0.39, 0.29) is 0 Å². The summed E-state index contributed by atoms with van der Waals surface area (Å²) in [6, 6.07) is 0.537. The second-order valence-electron chi connectivity index (χ2n) is 7.19. The van der Waals surface area contributed by atoms with Crippen LogP contribution in [0.3, 0.4) is 0 Å². The number of pyridine rings is 1. The zero-order valence-corrected chi connectivity index (χ0v) is 16.1. The molecule has 1 aromatic rings. The van der Waals surface area contributed by atoms with Gasteiger partial charge in [0.1, 0.15) is 17.2 Å². The highest BCUT2D eigenvalue weighted by atomic mass is 31.0. The summed E-state index contributed by atoms with van der Waals surface area (Å²) in [5.74, 6) is -0.911. The number of halogens is 3. The minimum absolute atomic E-state index is 0.514. The molecule has 1 fully saturated rings. The Labute approximate surface area is 156 Å². The molecular weight excluding hydrogens is 388 g/mol. The number of β-amino-alcohol motifs (C(OH)–C–C–N with tert-alkyl or cyclic N) is 1. The monoisotopic (exact) mass is 408 g/mol. The van der Waals surface area contributed by atoms with Gasteiger partial charge >= 0.3 is 18.2 Å². The van der Waals surface area contributed by atoms with E-state index < -0.39 is 59.7 Å². The Hall–Kier alpha value is -1.93. The number of amides is 1. The van der Waals surface area contributed by atoms with Gasteiger partial charge in [-0.05, 0) is 32.9 Å². The fourth-order valence-electron chi connectivity index (χ4n) is 2.86. The summed E-state index contributed by atoms with van der Waals surface area (Å²) < 4.78 is 49.7. The van der Waals surface area contributed by atoms with Crippen LogP contribution < -0.4 is 0 Å². The number of aromatic nitrogens is 1. The molecule has 1 saturated heterocycles. The number of ether oxygens (including phenoxy) is 1. The molecule has 27 heavy (non-hydrogen) atoms. The number of alkyl halides is 3. The molecule has 0 bridgehead atoms. The number of carbonyl (C=O) groups excluding carboxylic acids is 2. The molecule has 1 N–H and O–H groups in total. The topological polar surface area (TPSA) is 89.0 Å². The first-order chi connectivity index (χ1) is 12.3. The lowest BCUT2D eigenvalue weighted by molar-refractivity contribution is -0.141. The molecule has 0 saturated carbocycles. The number of aliphatic hydroxyl groups is 1. The van der Waals surface area contributed by atoms with Crippen LogP contribution in [0.25, 0.3) is 0 Å². The number of hydrogen-bond acceptors (Lipinski definition) is 6. The van der Waals surface area contributed by atoms with Crippen molar-refractivity contribution in [3.63, 3.8) is 0 Å². The van der Waals surface area contributed by atoms with E-state index in [1.165, 1.54) is 0 Å². The Morgan fingerprint density at radius 2 is 2.00 bits per heavy atom. The number of nitrogens with zero attached hydrogens (tertiary/aromatic N) is 2. The minimum atomic E-state index is -4.77. The van der Waals surface area contributed by atoms with Crippen molar-refractivity contribution in [1.29, 1.82) is 0 Å². The van der Waals surface area contributed by atoms with E-state index in [1.54, 1.807) is 30.2 Å². The quantitative estimate of drug-likeness (QED) is 0.757. The molecule has 0 aliphatic carbocycles. The van der Waals surface area contributed by atoms with Gasteiger partial charge in [-0.25, -0.2) is 9.59 Å². The molecule has 1 aliphatic rings. The van der Waals surface area contributed by atoms with Crippen molar-refractivity contribution in [2.24, 2.45) is 0 Å². The molecule has 150 valence electrons. The first-order valence-electron chi connectivity index (χ1n) is 7.94. The summed E-state index contributed by atoms with van der Waals surface area (Å²) in [4.78, 5) is 29.0. The van der Waals surface area contributed by atoms with Gasteiger partial charge in [0.15, 0.2) is 0 Å². The van der Waals surface area contributed by atoms with Gasteiger partial charge in [0.25, 0.3) is 0 Å². The molecule has 3 atom stereocenters. The molecule has 2 heterocycles. The Morgan fingerprint density at radius 1 is 1.37 bits per heavy atom. The summed E-state index contributed by atoms with van der Waals surface area (Å²) in [7, 11) is 1.71. The summed E-state index contributed by atoms with van der Waals surface area (Å²) in [5.41, 5.74) is -4.91. The number of hydrogen-bond donors (Lipinski definition) is 1. The normalized spacial score (nSPS) is 23.3. The lowest BCUT2D eigenvalue weighted by Gasteiger charge is -2.28. The van der Waals surface area contributed by atoms with Crippen molar-refractivity contribution in [3.8, 4) is 0 Å². The summed E-state index contributed by atoms with van der Waals surface area (Å²) in [5, 5.41) is 10.9. The van der Waals surface area contributed by atoms with Crippen molar-refractivity contribution in [2.75, 3.05) is 6.54 Å². The van der Waals surface area contributed by atoms with Gasteiger partial charge in [0.2, 0.25) is 0 Å². The molecule has 1 aromatic heterocycles. The largest absolute Gasteiger partial charge is 0.450 e. The summed E-state index contributed by atoms with van der Waals surface area (Å²) in [6.07, 6.45) is -5.14. The lowest BCUT2D eigenvalue weighted by atomic mass is 9.92. The standard InChI is InChI=1S/C16H20F3N2O5P/c1-14(2,3)25-13(23)21-8-15(24,7-10(21)12(22)26-27)11-9(16(17,18)19)5-4-6-20-11/h4-6,10,24H,7-8,27H2,1-3H3/t10-,15-/m0/s1. The van der Waals surface area contributed by atoms with Gasteiger partial charge in [-0.3, -0.25) is 9.88 Å². The fraction of sp³-hybridized carbons (Fsp3) is 0.562. The summed E-state index contributed by atoms with van der Waals surface area (Å²) >= 11 is 0. The SMILES string of the molecule is CC(C)(C)OC(=O)N1C[C@](O)(c2ncccc2C(F)(F)F)C[C@H]1C(=O)OP. The Morgan fingerprint density at radius 3 is 2.52 bits per heavy atom. The molecule has 0 spiro atoms. The van der Waals surface area contributed by atoms with Crippen molar-refractivity contribution >= 4 is 21.5 Å². The molecule has 1 unspecified atom stereocenters. The molecule has 0 radical (unpaired) electrons. The highest BCUT2D eigenvalue weighted by Crippen LogP contribution is 2.42. The second-order valence-corrected chi connectivity index (χ2v) is 7.43. The van der Waals surface area contributed by atoms with Crippen molar-refractivity contribution < 1.29 is 37.1 Å². The van der Waals surface area contributed by atoms with Crippen LogP contribution in [0.5, 0.6) is 0 Å². The third-order valence-corrected chi connectivity index (χ3v) is 4.14. The van der Waals surface area contributed by atoms with Crippen molar-refractivity contribution in [3.05, 3.63) is 29.6 Å². The molecule has 7 nitrogen and oxygen atoms in total. The third kappa shape index (κ3) is 4.68. The Bertz CT molecular complexity index is 738. The van der Waals surface area contributed by atoms with Crippen molar-refractivity contribution in [2.45, 2.75) is 50.6 Å². The first kappa shape index (κ1) is 21.4. The highest BCUT2D eigenvalue weighted by Gasteiger charge is 2.54. The van der Waals surface area contributed by atoms with Crippen LogP contribution >= 0.6 is 9.47 Å². The lowest BCUT2D eigenvalue weighted by Crippen LogP contribution is -2.44. The van der Waals surface area contributed by atoms with Gasteiger partial charge in [0.05, 0.1) is 27.3 Å². The van der Waals surface area contributed by atoms with Gasteiger partial charge in [-0.15, -0.1) is 0 Å². The van der Waals surface area contributed by atoms with Crippen LogP contribution in [-0.2, 0) is 25.8 Å². The Balaban J connectivity index is 2.45. The first-order valence-corrected chi connectivity index (χ1v) is 8.41. The summed E-state index contributed by atoms with van der Waals surface area (Å²) in [6.45, 7) is 4.18. The van der Waals surface area contributed by atoms with Crippen LogP contribution in [0.1, 0.15) is 38.4 Å². The second kappa shape index (κ2) is 7.24. The van der Waals surface area contributed by atoms with Crippen molar-refractivity contribution in [1.82, 2.24) is 9.88 Å². The number of likely N-dealkylation sites (tertiary alicyclic amines) is 1. The van der Waals surface area contributed by atoms with E-state index in [0.29, 0.717) is 0 Å². The maximum Gasteiger partial charge on any atom is 0.418 e. The average molecular weight is 408 g/mol. The predicted molar refractivity (Wildman–Crippen MR) is 90.3 cm³/mol. The van der Waals surface area contributed by atoms with Crippen LogP contribution in [0.15, 0.2) is 18.3 Å². The van der Waals surface area contributed by atoms with E-state index in [1.807, 2.05) is 0 Å². The van der Waals surface area contributed by atoms with Crippen LogP contribution in [0.2, 0.25) is 0 Å².